The van der Waals surface area contributed by atoms with Crippen LogP contribution in [0.25, 0.3) is 0 Å². The number of nitriles is 1. The summed E-state index contributed by atoms with van der Waals surface area (Å²) in [6.07, 6.45) is 0.741. The summed E-state index contributed by atoms with van der Waals surface area (Å²) in [4.78, 5) is 0. The van der Waals surface area contributed by atoms with E-state index in [4.69, 9.17) is 15.1 Å². The van der Waals surface area contributed by atoms with E-state index < -0.39 is 0 Å². The van der Waals surface area contributed by atoms with Crippen molar-refractivity contribution in [2.24, 2.45) is 0 Å². The Labute approximate surface area is 102 Å². The molecule has 0 saturated carbocycles. The minimum atomic E-state index is 0.0673. The molecule has 0 radical (unpaired) electrons. The number of aliphatic hydroxyl groups is 1. The van der Waals surface area contributed by atoms with Crippen LogP contribution in [0.3, 0.4) is 0 Å². The Balaban J connectivity index is 2.45. The van der Waals surface area contributed by atoms with Crippen molar-refractivity contribution >= 4 is 0 Å². The van der Waals surface area contributed by atoms with Gasteiger partial charge >= 0.3 is 0 Å². The molecule has 2 N–H and O–H groups in total. The van der Waals surface area contributed by atoms with Crippen LogP contribution in [-0.4, -0.2) is 24.4 Å². The van der Waals surface area contributed by atoms with Gasteiger partial charge in [-0.05, 0) is 31.0 Å². The van der Waals surface area contributed by atoms with Crippen LogP contribution in [0.2, 0.25) is 0 Å². The van der Waals surface area contributed by atoms with Crippen LogP contribution in [0.15, 0.2) is 24.3 Å². The molecule has 4 heteroatoms. The van der Waals surface area contributed by atoms with E-state index in [1.165, 1.54) is 0 Å². The lowest BCUT2D eigenvalue weighted by atomic mass is 10.2. The zero-order chi connectivity index (χ0) is 12.5. The molecule has 0 bridgehead atoms. The van der Waals surface area contributed by atoms with Crippen molar-refractivity contribution in [3.05, 3.63) is 29.8 Å². The minimum absolute atomic E-state index is 0.0673. The topological polar surface area (TPSA) is 65.3 Å². The standard InChI is InChI=1S/C13H18N2O2/c1-11(5-7-16)15-10-12-3-2-4-13(9-12)17-8-6-14/h2-4,9,11,15-16H,5,7-8,10H2,1H3. The summed E-state index contributed by atoms with van der Waals surface area (Å²) in [7, 11) is 0. The van der Waals surface area contributed by atoms with E-state index in [1.54, 1.807) is 0 Å². The molecule has 1 atom stereocenters. The molecule has 1 aromatic rings. The molecule has 92 valence electrons. The lowest BCUT2D eigenvalue weighted by Gasteiger charge is -2.12. The summed E-state index contributed by atoms with van der Waals surface area (Å²) in [5.74, 6) is 0.709. The maximum absolute atomic E-state index is 8.78. The number of hydrogen-bond donors (Lipinski definition) is 2. The highest BCUT2D eigenvalue weighted by Gasteiger charge is 2.01. The van der Waals surface area contributed by atoms with Crippen LogP contribution in [0.5, 0.6) is 5.75 Å². The van der Waals surface area contributed by atoms with Crippen LogP contribution in [0.1, 0.15) is 18.9 Å². The lowest BCUT2D eigenvalue weighted by Crippen LogP contribution is -2.26. The molecule has 0 amide bonds. The maximum atomic E-state index is 8.78. The average Bonchev–Trinajstić information content (AvgIpc) is 2.35. The van der Waals surface area contributed by atoms with Crippen molar-refractivity contribution in [3.8, 4) is 11.8 Å². The van der Waals surface area contributed by atoms with Gasteiger partial charge in [0, 0.05) is 19.2 Å². The van der Waals surface area contributed by atoms with Gasteiger partial charge in [-0.15, -0.1) is 0 Å². The summed E-state index contributed by atoms with van der Waals surface area (Å²) < 4.78 is 5.22. The fraction of sp³-hybridized carbons (Fsp3) is 0.462. The fourth-order valence-electron chi connectivity index (χ4n) is 1.45. The van der Waals surface area contributed by atoms with Gasteiger partial charge < -0.3 is 15.2 Å². The summed E-state index contributed by atoms with van der Waals surface area (Å²) in [6, 6.07) is 9.86. The molecular formula is C13H18N2O2. The van der Waals surface area contributed by atoms with E-state index in [9.17, 15) is 0 Å². The summed E-state index contributed by atoms with van der Waals surface area (Å²) in [5, 5.41) is 20.5. The third-order valence-corrected chi connectivity index (χ3v) is 2.42. The van der Waals surface area contributed by atoms with E-state index >= 15 is 0 Å². The van der Waals surface area contributed by atoms with E-state index in [-0.39, 0.29) is 19.3 Å². The van der Waals surface area contributed by atoms with Gasteiger partial charge in [-0.1, -0.05) is 12.1 Å². The van der Waals surface area contributed by atoms with Crippen molar-refractivity contribution in [2.75, 3.05) is 13.2 Å². The van der Waals surface area contributed by atoms with Gasteiger partial charge in [0.25, 0.3) is 0 Å². The summed E-state index contributed by atoms with van der Waals surface area (Å²) in [5.41, 5.74) is 1.10. The molecule has 0 fully saturated rings. The molecular weight excluding hydrogens is 216 g/mol. The first-order valence-corrected chi connectivity index (χ1v) is 5.69. The van der Waals surface area contributed by atoms with E-state index in [0.29, 0.717) is 5.75 Å². The number of aliphatic hydroxyl groups excluding tert-OH is 1. The van der Waals surface area contributed by atoms with Crippen LogP contribution in [-0.2, 0) is 6.54 Å². The Kier molecular flexibility index (Phi) is 6.08. The second-order valence-electron chi connectivity index (χ2n) is 3.89. The van der Waals surface area contributed by atoms with Crippen molar-refractivity contribution in [1.82, 2.24) is 5.32 Å². The highest BCUT2D eigenvalue weighted by atomic mass is 16.5. The van der Waals surface area contributed by atoms with Crippen LogP contribution < -0.4 is 10.1 Å². The van der Waals surface area contributed by atoms with Gasteiger partial charge in [-0.2, -0.15) is 5.26 Å². The molecule has 0 aliphatic heterocycles. The van der Waals surface area contributed by atoms with Gasteiger partial charge in [-0.25, -0.2) is 0 Å². The van der Waals surface area contributed by atoms with Gasteiger partial charge in [0.15, 0.2) is 6.61 Å². The van der Waals surface area contributed by atoms with Gasteiger partial charge in [0.05, 0.1) is 0 Å². The molecule has 0 aliphatic carbocycles. The molecule has 17 heavy (non-hydrogen) atoms. The molecule has 0 aliphatic rings. The van der Waals surface area contributed by atoms with Gasteiger partial charge in [0.2, 0.25) is 0 Å². The Hall–Kier alpha value is -1.57. The number of nitrogens with zero attached hydrogens (tertiary/aromatic N) is 1. The van der Waals surface area contributed by atoms with Crippen LogP contribution in [0, 0.1) is 11.3 Å². The Morgan fingerprint density at radius 2 is 2.35 bits per heavy atom. The quantitative estimate of drug-likeness (QED) is 0.749. The number of benzene rings is 1. The molecule has 0 aromatic heterocycles. The smallest absolute Gasteiger partial charge is 0.174 e. The first kappa shape index (κ1) is 13.5. The Morgan fingerprint density at radius 1 is 1.53 bits per heavy atom. The van der Waals surface area contributed by atoms with Crippen LogP contribution in [0.4, 0.5) is 0 Å². The van der Waals surface area contributed by atoms with Gasteiger partial charge in [-0.3, -0.25) is 0 Å². The zero-order valence-electron chi connectivity index (χ0n) is 10.0. The van der Waals surface area contributed by atoms with Gasteiger partial charge in [0.1, 0.15) is 11.8 Å². The molecule has 1 rings (SSSR count). The van der Waals surface area contributed by atoms with Crippen molar-refractivity contribution in [2.45, 2.75) is 25.9 Å². The highest BCUT2D eigenvalue weighted by Crippen LogP contribution is 2.13. The normalized spacial score (nSPS) is 11.8. The van der Waals surface area contributed by atoms with E-state index in [2.05, 4.69) is 5.32 Å². The number of rotatable bonds is 7. The molecule has 0 heterocycles. The zero-order valence-corrected chi connectivity index (χ0v) is 10.0. The molecule has 1 unspecified atom stereocenters. The van der Waals surface area contributed by atoms with E-state index in [0.717, 1.165) is 18.5 Å². The second-order valence-corrected chi connectivity index (χ2v) is 3.89. The summed E-state index contributed by atoms with van der Waals surface area (Å²) >= 11 is 0. The second kappa shape index (κ2) is 7.66. The first-order valence-electron chi connectivity index (χ1n) is 5.69. The molecule has 1 aromatic carbocycles. The number of hydrogen-bond acceptors (Lipinski definition) is 4. The molecule has 4 nitrogen and oxygen atoms in total. The fourth-order valence-corrected chi connectivity index (χ4v) is 1.45. The average molecular weight is 234 g/mol. The predicted molar refractivity (Wildman–Crippen MR) is 65.6 cm³/mol. The van der Waals surface area contributed by atoms with Crippen molar-refractivity contribution in [3.63, 3.8) is 0 Å². The Bertz CT molecular complexity index is 374. The largest absolute Gasteiger partial charge is 0.479 e. The first-order chi connectivity index (χ1) is 8.26. The molecule has 0 saturated heterocycles. The minimum Gasteiger partial charge on any atom is -0.479 e. The maximum Gasteiger partial charge on any atom is 0.174 e. The van der Waals surface area contributed by atoms with Crippen molar-refractivity contribution < 1.29 is 9.84 Å². The highest BCUT2D eigenvalue weighted by molar-refractivity contribution is 5.28. The lowest BCUT2D eigenvalue weighted by molar-refractivity contribution is 0.268. The molecule has 0 spiro atoms. The van der Waals surface area contributed by atoms with Crippen LogP contribution >= 0.6 is 0 Å². The summed E-state index contributed by atoms with van der Waals surface area (Å²) in [6.45, 7) is 3.02. The van der Waals surface area contributed by atoms with Crippen molar-refractivity contribution in [1.29, 1.82) is 5.26 Å². The Morgan fingerprint density at radius 3 is 3.06 bits per heavy atom. The third kappa shape index (κ3) is 5.34. The number of nitrogens with one attached hydrogen (secondary N) is 1. The third-order valence-electron chi connectivity index (χ3n) is 2.42. The van der Waals surface area contributed by atoms with E-state index in [1.807, 2.05) is 37.3 Å². The SMILES string of the molecule is CC(CCO)NCc1cccc(OCC#N)c1. The monoisotopic (exact) mass is 234 g/mol. The number of ether oxygens (including phenoxy) is 1. The predicted octanol–water partition coefficient (Wildman–Crippen LogP) is 1.45.